The summed E-state index contributed by atoms with van der Waals surface area (Å²) in [5.74, 6) is 2.41. The molecule has 1 aliphatic heterocycles. The van der Waals surface area contributed by atoms with E-state index in [2.05, 4.69) is 10.3 Å². The standard InChI is InChI=1S/C19H25N3O3/c1-13-7-8-17(25-13)16-6-4-5-11-22(16)19(23)21-14(2)15-9-10-20-12-18(15)24-3/h7-10,12,14,16H,4-6,11H2,1-3H3,(H,21,23)/t14-,16-/m1/s1. The second-order valence-corrected chi connectivity index (χ2v) is 6.44. The fraction of sp³-hybridized carbons (Fsp3) is 0.474. The van der Waals surface area contributed by atoms with Crippen LogP contribution in [0.3, 0.4) is 0 Å². The lowest BCUT2D eigenvalue weighted by Gasteiger charge is -2.35. The molecule has 6 heteroatoms. The van der Waals surface area contributed by atoms with Gasteiger partial charge in [0.05, 0.1) is 25.4 Å². The number of nitrogens with zero attached hydrogens (tertiary/aromatic N) is 2. The third-order valence-electron chi connectivity index (χ3n) is 4.70. The maximum absolute atomic E-state index is 12.9. The van der Waals surface area contributed by atoms with Gasteiger partial charge in [-0.25, -0.2) is 4.79 Å². The smallest absolute Gasteiger partial charge is 0.318 e. The highest BCUT2D eigenvalue weighted by Gasteiger charge is 2.31. The van der Waals surface area contributed by atoms with Crippen molar-refractivity contribution in [3.63, 3.8) is 0 Å². The van der Waals surface area contributed by atoms with Crippen molar-refractivity contribution >= 4 is 6.03 Å². The second-order valence-electron chi connectivity index (χ2n) is 6.44. The number of methoxy groups -OCH3 is 1. The Morgan fingerprint density at radius 3 is 2.96 bits per heavy atom. The minimum atomic E-state index is -0.175. The van der Waals surface area contributed by atoms with Crippen LogP contribution in [0, 0.1) is 6.92 Å². The van der Waals surface area contributed by atoms with E-state index >= 15 is 0 Å². The van der Waals surface area contributed by atoms with E-state index in [0.717, 1.165) is 42.9 Å². The van der Waals surface area contributed by atoms with Crippen molar-refractivity contribution in [3.8, 4) is 5.75 Å². The highest BCUT2D eigenvalue weighted by atomic mass is 16.5. The van der Waals surface area contributed by atoms with Crippen molar-refractivity contribution in [3.05, 3.63) is 47.7 Å². The van der Waals surface area contributed by atoms with Gasteiger partial charge in [-0.3, -0.25) is 4.98 Å². The van der Waals surface area contributed by atoms with Gasteiger partial charge < -0.3 is 19.4 Å². The Morgan fingerprint density at radius 2 is 2.24 bits per heavy atom. The van der Waals surface area contributed by atoms with Crippen molar-refractivity contribution in [2.75, 3.05) is 13.7 Å². The third-order valence-corrected chi connectivity index (χ3v) is 4.70. The topological polar surface area (TPSA) is 67.6 Å². The van der Waals surface area contributed by atoms with Crippen LogP contribution in [0.5, 0.6) is 5.75 Å². The normalized spacial score (nSPS) is 18.7. The molecular weight excluding hydrogens is 318 g/mol. The Bertz CT molecular complexity index is 728. The molecule has 3 rings (SSSR count). The average molecular weight is 343 g/mol. The number of rotatable bonds is 4. The minimum absolute atomic E-state index is 0.00557. The van der Waals surface area contributed by atoms with Crippen molar-refractivity contribution in [2.45, 2.75) is 45.2 Å². The average Bonchev–Trinajstić information content (AvgIpc) is 3.07. The van der Waals surface area contributed by atoms with Gasteiger partial charge in [0, 0.05) is 18.3 Å². The molecule has 0 spiro atoms. The maximum Gasteiger partial charge on any atom is 0.318 e. The predicted molar refractivity (Wildman–Crippen MR) is 94.5 cm³/mol. The van der Waals surface area contributed by atoms with Gasteiger partial charge >= 0.3 is 6.03 Å². The van der Waals surface area contributed by atoms with E-state index < -0.39 is 0 Å². The zero-order valence-corrected chi connectivity index (χ0v) is 15.0. The predicted octanol–water partition coefficient (Wildman–Crippen LogP) is 3.99. The number of aryl methyl sites for hydroxylation is 1. The van der Waals surface area contributed by atoms with E-state index in [4.69, 9.17) is 9.15 Å². The van der Waals surface area contributed by atoms with E-state index in [1.165, 1.54) is 0 Å². The van der Waals surface area contributed by atoms with Crippen LogP contribution >= 0.6 is 0 Å². The fourth-order valence-electron chi connectivity index (χ4n) is 3.37. The van der Waals surface area contributed by atoms with Crippen molar-refractivity contribution in [1.82, 2.24) is 15.2 Å². The molecular formula is C19H25N3O3. The Kier molecular flexibility index (Phi) is 5.26. The lowest BCUT2D eigenvalue weighted by molar-refractivity contribution is 0.137. The lowest BCUT2D eigenvalue weighted by Crippen LogP contribution is -2.45. The van der Waals surface area contributed by atoms with Crippen molar-refractivity contribution in [1.29, 1.82) is 0 Å². The molecule has 1 N–H and O–H groups in total. The molecule has 1 fully saturated rings. The monoisotopic (exact) mass is 343 g/mol. The third kappa shape index (κ3) is 3.78. The number of nitrogens with one attached hydrogen (secondary N) is 1. The number of carbonyl (C=O) groups is 1. The number of piperidine rings is 1. The first-order chi connectivity index (χ1) is 12.1. The Morgan fingerprint density at radius 1 is 1.40 bits per heavy atom. The SMILES string of the molecule is COc1cnccc1[C@@H](C)NC(=O)N1CCCC[C@@H]1c1ccc(C)o1. The second kappa shape index (κ2) is 7.59. The number of ether oxygens (including phenoxy) is 1. The number of amides is 2. The number of likely N-dealkylation sites (tertiary alicyclic amines) is 1. The first-order valence-electron chi connectivity index (χ1n) is 8.71. The van der Waals surface area contributed by atoms with Gasteiger partial charge in [0.2, 0.25) is 0 Å². The van der Waals surface area contributed by atoms with Crippen LogP contribution < -0.4 is 10.1 Å². The van der Waals surface area contributed by atoms with Gasteiger partial charge in [-0.05, 0) is 51.3 Å². The number of hydrogen-bond donors (Lipinski definition) is 1. The molecule has 6 nitrogen and oxygen atoms in total. The van der Waals surface area contributed by atoms with Gasteiger partial charge in [-0.15, -0.1) is 0 Å². The largest absolute Gasteiger partial charge is 0.495 e. The maximum atomic E-state index is 12.9. The van der Waals surface area contributed by atoms with Crippen LogP contribution in [0.25, 0.3) is 0 Å². The summed E-state index contributed by atoms with van der Waals surface area (Å²) in [5, 5.41) is 3.08. The van der Waals surface area contributed by atoms with Gasteiger partial charge in [0.1, 0.15) is 17.3 Å². The van der Waals surface area contributed by atoms with Crippen LogP contribution in [-0.2, 0) is 0 Å². The zero-order chi connectivity index (χ0) is 17.8. The van der Waals surface area contributed by atoms with E-state index in [9.17, 15) is 4.79 Å². The highest BCUT2D eigenvalue weighted by molar-refractivity contribution is 5.75. The number of pyridine rings is 1. The van der Waals surface area contributed by atoms with Gasteiger partial charge in [0.25, 0.3) is 0 Å². The summed E-state index contributed by atoms with van der Waals surface area (Å²) in [4.78, 5) is 18.8. The molecule has 0 unspecified atom stereocenters. The summed E-state index contributed by atoms with van der Waals surface area (Å²) in [6, 6.07) is 5.53. The lowest BCUT2D eigenvalue weighted by atomic mass is 10.0. The molecule has 1 aliphatic rings. The van der Waals surface area contributed by atoms with Crippen LogP contribution in [0.15, 0.2) is 35.0 Å². The summed E-state index contributed by atoms with van der Waals surface area (Å²) < 4.78 is 11.1. The summed E-state index contributed by atoms with van der Waals surface area (Å²) >= 11 is 0. The van der Waals surface area contributed by atoms with E-state index in [1.54, 1.807) is 19.5 Å². The molecule has 0 aliphatic carbocycles. The molecule has 0 radical (unpaired) electrons. The molecule has 25 heavy (non-hydrogen) atoms. The number of furan rings is 1. The van der Waals surface area contributed by atoms with Gasteiger partial charge in [-0.2, -0.15) is 0 Å². The number of hydrogen-bond acceptors (Lipinski definition) is 4. The first kappa shape index (κ1) is 17.3. The van der Waals surface area contributed by atoms with Crippen LogP contribution in [-0.4, -0.2) is 29.6 Å². The Balaban J connectivity index is 1.74. The molecule has 2 aromatic heterocycles. The van der Waals surface area contributed by atoms with Crippen molar-refractivity contribution in [2.24, 2.45) is 0 Å². The minimum Gasteiger partial charge on any atom is -0.495 e. The first-order valence-corrected chi connectivity index (χ1v) is 8.71. The molecule has 0 aromatic carbocycles. The number of carbonyl (C=O) groups excluding carboxylic acids is 1. The molecule has 0 bridgehead atoms. The molecule has 2 amide bonds. The molecule has 2 aromatic rings. The fourth-order valence-corrected chi connectivity index (χ4v) is 3.37. The zero-order valence-electron chi connectivity index (χ0n) is 15.0. The summed E-state index contributed by atoms with van der Waals surface area (Å²) in [7, 11) is 1.61. The van der Waals surface area contributed by atoms with Crippen LogP contribution in [0.2, 0.25) is 0 Å². The molecule has 2 atom stereocenters. The summed E-state index contributed by atoms with van der Waals surface area (Å²) in [6.07, 6.45) is 6.40. The van der Waals surface area contributed by atoms with Gasteiger partial charge in [-0.1, -0.05) is 0 Å². The van der Waals surface area contributed by atoms with Gasteiger partial charge in [0.15, 0.2) is 0 Å². The number of aromatic nitrogens is 1. The molecule has 1 saturated heterocycles. The molecule has 3 heterocycles. The van der Waals surface area contributed by atoms with E-state index in [0.29, 0.717) is 5.75 Å². The quantitative estimate of drug-likeness (QED) is 0.911. The van der Waals surface area contributed by atoms with E-state index in [-0.39, 0.29) is 18.1 Å². The number of urea groups is 1. The molecule has 0 saturated carbocycles. The molecule has 134 valence electrons. The summed E-state index contributed by atoms with van der Waals surface area (Å²) in [5.41, 5.74) is 0.910. The van der Waals surface area contributed by atoms with Crippen molar-refractivity contribution < 1.29 is 13.9 Å². The van der Waals surface area contributed by atoms with Crippen LogP contribution in [0.1, 0.15) is 55.4 Å². The van der Waals surface area contributed by atoms with Crippen LogP contribution in [0.4, 0.5) is 4.79 Å². The Labute approximate surface area is 148 Å². The van der Waals surface area contributed by atoms with E-state index in [1.807, 2.05) is 36.9 Å². The Hall–Kier alpha value is -2.50. The summed E-state index contributed by atoms with van der Waals surface area (Å²) in [6.45, 7) is 4.61. The highest BCUT2D eigenvalue weighted by Crippen LogP contribution is 2.32.